The highest BCUT2D eigenvalue weighted by atomic mass is 35.5. The maximum atomic E-state index is 9.79. The predicted octanol–water partition coefficient (Wildman–Crippen LogP) is 2.89. The molecule has 1 fully saturated rings. The van der Waals surface area contributed by atoms with Crippen molar-refractivity contribution in [1.82, 2.24) is 4.90 Å². The maximum absolute atomic E-state index is 9.79. The second-order valence-corrected chi connectivity index (χ2v) is 5.19. The van der Waals surface area contributed by atoms with Gasteiger partial charge in [0.25, 0.3) is 0 Å². The highest BCUT2D eigenvalue weighted by Gasteiger charge is 2.21. The van der Waals surface area contributed by atoms with Crippen LogP contribution in [0.15, 0.2) is 18.2 Å². The number of benzene rings is 1. The Morgan fingerprint density at radius 2 is 2.11 bits per heavy atom. The van der Waals surface area contributed by atoms with Crippen LogP contribution in [0.2, 0.25) is 0 Å². The largest absolute Gasteiger partial charge is 0.508 e. The Morgan fingerprint density at radius 1 is 1.37 bits per heavy atom. The van der Waals surface area contributed by atoms with Crippen molar-refractivity contribution in [3.63, 3.8) is 0 Å². The molecule has 1 aromatic carbocycles. The number of nitrogens with zero attached hydrogens (tertiary/aromatic N) is 1. The molecule has 1 heterocycles. The van der Waals surface area contributed by atoms with Crippen molar-refractivity contribution in [2.24, 2.45) is 0 Å². The third-order valence-electron chi connectivity index (χ3n) is 3.75. The molecule has 1 aliphatic heterocycles. The molecule has 0 saturated carbocycles. The summed E-state index contributed by atoms with van der Waals surface area (Å²) in [4.78, 5) is 2.55. The smallest absolute Gasteiger partial charge is 0.118 e. The van der Waals surface area contributed by atoms with E-state index in [-0.39, 0.29) is 17.9 Å². The second kappa shape index (κ2) is 8.41. The van der Waals surface area contributed by atoms with Gasteiger partial charge in [0.05, 0.1) is 0 Å². The fourth-order valence-electron chi connectivity index (χ4n) is 2.73. The van der Waals surface area contributed by atoms with Crippen LogP contribution in [0.25, 0.3) is 0 Å². The van der Waals surface area contributed by atoms with Crippen molar-refractivity contribution in [2.45, 2.75) is 39.0 Å². The van der Waals surface area contributed by atoms with Crippen LogP contribution >= 0.6 is 12.4 Å². The Kier molecular flexibility index (Phi) is 8.07. The first kappa shape index (κ1) is 18.2. The lowest BCUT2D eigenvalue weighted by molar-refractivity contribution is 0.208. The zero-order valence-electron chi connectivity index (χ0n) is 11.9. The second-order valence-electron chi connectivity index (χ2n) is 5.19. The van der Waals surface area contributed by atoms with E-state index in [1.807, 2.05) is 19.1 Å². The summed E-state index contributed by atoms with van der Waals surface area (Å²) in [5, 5.41) is 9.79. The first-order chi connectivity index (χ1) is 8.20. The molecule has 1 saturated heterocycles. The van der Waals surface area contributed by atoms with Crippen molar-refractivity contribution < 1.29 is 10.6 Å². The van der Waals surface area contributed by atoms with Gasteiger partial charge < -0.3 is 15.5 Å². The van der Waals surface area contributed by atoms with Crippen molar-refractivity contribution in [3.8, 4) is 5.75 Å². The SMILES string of the molecule is CCCN1CCCC(c2ccc(C)c(O)c2)C1.Cl.O. The summed E-state index contributed by atoms with van der Waals surface area (Å²) >= 11 is 0. The van der Waals surface area contributed by atoms with Crippen molar-refractivity contribution in [3.05, 3.63) is 29.3 Å². The van der Waals surface area contributed by atoms with E-state index in [4.69, 9.17) is 0 Å². The summed E-state index contributed by atoms with van der Waals surface area (Å²) in [6.07, 6.45) is 3.76. The summed E-state index contributed by atoms with van der Waals surface area (Å²) in [6, 6.07) is 6.16. The van der Waals surface area contributed by atoms with Gasteiger partial charge in [0.1, 0.15) is 5.75 Å². The number of aromatic hydroxyl groups is 1. The van der Waals surface area contributed by atoms with E-state index in [1.54, 1.807) is 0 Å². The van der Waals surface area contributed by atoms with Crippen molar-refractivity contribution >= 4 is 12.4 Å². The van der Waals surface area contributed by atoms with Gasteiger partial charge in [-0.3, -0.25) is 0 Å². The first-order valence-corrected chi connectivity index (χ1v) is 6.72. The van der Waals surface area contributed by atoms with Crippen LogP contribution in [0.3, 0.4) is 0 Å². The normalized spacial score (nSPS) is 19.4. The summed E-state index contributed by atoms with van der Waals surface area (Å²) in [5.41, 5.74) is 2.27. The average molecular weight is 288 g/mol. The molecule has 3 N–H and O–H groups in total. The Morgan fingerprint density at radius 3 is 2.74 bits per heavy atom. The molecule has 4 heteroatoms. The number of phenols is 1. The first-order valence-electron chi connectivity index (χ1n) is 6.72. The van der Waals surface area contributed by atoms with Crippen LogP contribution in [-0.2, 0) is 0 Å². The summed E-state index contributed by atoms with van der Waals surface area (Å²) in [6.45, 7) is 7.78. The van der Waals surface area contributed by atoms with Gasteiger partial charge >= 0.3 is 0 Å². The Hall–Kier alpha value is -0.770. The average Bonchev–Trinajstić information content (AvgIpc) is 2.33. The van der Waals surface area contributed by atoms with Gasteiger partial charge in [-0.2, -0.15) is 0 Å². The molecule has 19 heavy (non-hydrogen) atoms. The van der Waals surface area contributed by atoms with E-state index in [0.29, 0.717) is 11.7 Å². The minimum atomic E-state index is 0. The van der Waals surface area contributed by atoms with Crippen molar-refractivity contribution in [2.75, 3.05) is 19.6 Å². The molecule has 0 aromatic heterocycles. The molecule has 1 unspecified atom stereocenters. The number of phenolic OH excluding ortho intramolecular Hbond substituents is 1. The Bertz CT molecular complexity index is 382. The van der Waals surface area contributed by atoms with E-state index < -0.39 is 0 Å². The highest BCUT2D eigenvalue weighted by Crippen LogP contribution is 2.30. The third-order valence-corrected chi connectivity index (χ3v) is 3.75. The number of hydrogen-bond acceptors (Lipinski definition) is 2. The van der Waals surface area contributed by atoms with Gasteiger partial charge in [0.2, 0.25) is 0 Å². The van der Waals surface area contributed by atoms with Crippen LogP contribution in [-0.4, -0.2) is 35.1 Å². The number of rotatable bonds is 3. The van der Waals surface area contributed by atoms with Crippen LogP contribution in [0.1, 0.15) is 43.2 Å². The number of hydrogen-bond donors (Lipinski definition) is 1. The summed E-state index contributed by atoms with van der Waals surface area (Å²) in [7, 11) is 0. The van der Waals surface area contributed by atoms with E-state index in [2.05, 4.69) is 17.9 Å². The molecule has 110 valence electrons. The van der Waals surface area contributed by atoms with Crippen molar-refractivity contribution in [1.29, 1.82) is 0 Å². The van der Waals surface area contributed by atoms with E-state index in [1.165, 1.54) is 37.9 Å². The van der Waals surface area contributed by atoms with Crippen LogP contribution in [0.5, 0.6) is 5.75 Å². The minimum absolute atomic E-state index is 0. The maximum Gasteiger partial charge on any atom is 0.118 e. The zero-order valence-corrected chi connectivity index (χ0v) is 12.7. The molecule has 1 atom stereocenters. The molecule has 0 radical (unpaired) electrons. The Labute approximate surface area is 122 Å². The summed E-state index contributed by atoms with van der Waals surface area (Å²) in [5.74, 6) is 1.04. The molecule has 0 bridgehead atoms. The molecule has 2 rings (SSSR count). The van der Waals surface area contributed by atoms with Crippen LogP contribution < -0.4 is 0 Å². The van der Waals surface area contributed by atoms with Gasteiger partial charge in [-0.25, -0.2) is 0 Å². The van der Waals surface area contributed by atoms with Gasteiger partial charge in [-0.15, -0.1) is 12.4 Å². The number of aryl methyl sites for hydroxylation is 1. The Balaban J connectivity index is 0.00000162. The molecular formula is C15H26ClNO2. The van der Waals surface area contributed by atoms with Gasteiger partial charge in [-0.1, -0.05) is 19.1 Å². The third kappa shape index (κ3) is 4.68. The number of likely N-dealkylation sites (tertiary alicyclic amines) is 1. The lowest BCUT2D eigenvalue weighted by Gasteiger charge is -2.32. The van der Waals surface area contributed by atoms with E-state index >= 15 is 0 Å². The van der Waals surface area contributed by atoms with Gasteiger partial charge in [0, 0.05) is 6.54 Å². The predicted molar refractivity (Wildman–Crippen MR) is 82.4 cm³/mol. The summed E-state index contributed by atoms with van der Waals surface area (Å²) < 4.78 is 0. The highest BCUT2D eigenvalue weighted by molar-refractivity contribution is 5.85. The number of halogens is 1. The van der Waals surface area contributed by atoms with Gasteiger partial charge in [-0.05, 0) is 62.4 Å². The van der Waals surface area contributed by atoms with Crippen LogP contribution in [0, 0.1) is 6.92 Å². The lowest BCUT2D eigenvalue weighted by Crippen LogP contribution is -2.34. The molecule has 0 amide bonds. The monoisotopic (exact) mass is 287 g/mol. The van der Waals surface area contributed by atoms with Gasteiger partial charge in [0.15, 0.2) is 0 Å². The lowest BCUT2D eigenvalue weighted by atomic mass is 9.90. The fraction of sp³-hybridized carbons (Fsp3) is 0.600. The molecule has 1 aromatic rings. The minimum Gasteiger partial charge on any atom is -0.508 e. The molecular weight excluding hydrogens is 262 g/mol. The molecule has 0 spiro atoms. The van der Waals surface area contributed by atoms with Crippen LogP contribution in [0.4, 0.5) is 0 Å². The number of piperidine rings is 1. The quantitative estimate of drug-likeness (QED) is 0.929. The zero-order chi connectivity index (χ0) is 12.3. The topological polar surface area (TPSA) is 55.0 Å². The van der Waals surface area contributed by atoms with E-state index in [9.17, 15) is 5.11 Å². The molecule has 0 aliphatic carbocycles. The molecule has 3 nitrogen and oxygen atoms in total. The standard InChI is InChI=1S/C15H23NO.ClH.H2O/c1-3-8-16-9-4-5-14(11-16)13-7-6-12(2)15(17)10-13;;/h6-7,10,14,17H,3-5,8-9,11H2,1-2H3;1H;1H2. The van der Waals surface area contributed by atoms with E-state index in [0.717, 1.165) is 12.1 Å². The molecule has 1 aliphatic rings. The fourth-order valence-corrected chi connectivity index (χ4v) is 2.73.